The molecule has 0 aromatic heterocycles. The molecule has 1 atom stereocenters. The first-order chi connectivity index (χ1) is 7.42. The molecule has 0 spiro atoms. The van der Waals surface area contributed by atoms with Crippen molar-refractivity contribution in [1.82, 2.24) is 0 Å². The summed E-state index contributed by atoms with van der Waals surface area (Å²) >= 11 is 0. The minimum Gasteiger partial charge on any atom is -0.494 e. The van der Waals surface area contributed by atoms with E-state index in [4.69, 9.17) is 16.2 Å². The summed E-state index contributed by atoms with van der Waals surface area (Å²) in [6.45, 7) is 6.63. The van der Waals surface area contributed by atoms with Crippen LogP contribution in [-0.2, 0) is 0 Å². The van der Waals surface area contributed by atoms with Gasteiger partial charge in [0.2, 0.25) is 0 Å². The third kappa shape index (κ3) is 4.21. The molecule has 0 aliphatic heterocycles. The highest BCUT2D eigenvalue weighted by atomic mass is 16.5. The van der Waals surface area contributed by atoms with Crippen LogP contribution in [0.15, 0.2) is 24.3 Å². The van der Waals surface area contributed by atoms with E-state index in [-0.39, 0.29) is 11.6 Å². The van der Waals surface area contributed by atoms with Crippen molar-refractivity contribution in [3.63, 3.8) is 0 Å². The molecule has 1 rings (SSSR count). The van der Waals surface area contributed by atoms with E-state index in [1.165, 1.54) is 0 Å². The maximum Gasteiger partial charge on any atom is 0.119 e. The van der Waals surface area contributed by atoms with Gasteiger partial charge >= 0.3 is 0 Å². The van der Waals surface area contributed by atoms with Gasteiger partial charge in [-0.1, -0.05) is 12.1 Å². The van der Waals surface area contributed by atoms with Crippen LogP contribution in [0.5, 0.6) is 5.75 Å². The first-order valence-corrected chi connectivity index (χ1v) is 5.69. The number of ether oxygens (including phenoxy) is 1. The monoisotopic (exact) mass is 222 g/mol. The Morgan fingerprint density at radius 3 is 2.25 bits per heavy atom. The lowest BCUT2D eigenvalue weighted by molar-refractivity contribution is 0.340. The van der Waals surface area contributed by atoms with Crippen LogP contribution in [-0.4, -0.2) is 12.1 Å². The minimum atomic E-state index is -0.238. The summed E-state index contributed by atoms with van der Waals surface area (Å²) in [7, 11) is 0. The molecule has 1 aromatic rings. The maximum atomic E-state index is 6.08. The quantitative estimate of drug-likeness (QED) is 0.803. The summed E-state index contributed by atoms with van der Waals surface area (Å²) < 4.78 is 5.38. The topological polar surface area (TPSA) is 61.3 Å². The molecule has 1 aromatic carbocycles. The molecule has 0 bridgehead atoms. The molecule has 0 heterocycles. The van der Waals surface area contributed by atoms with Crippen LogP contribution in [0.2, 0.25) is 0 Å². The standard InChI is InChI=1S/C13H22N2O/c1-4-16-11-7-5-10(6-8-11)12(14)9-13(2,3)15/h5-8,12H,4,9,14-15H2,1-3H3. The van der Waals surface area contributed by atoms with Crippen molar-refractivity contribution in [2.45, 2.75) is 38.8 Å². The van der Waals surface area contributed by atoms with E-state index in [9.17, 15) is 0 Å². The summed E-state index contributed by atoms with van der Waals surface area (Å²) in [6, 6.07) is 7.88. The molecule has 3 heteroatoms. The predicted octanol–water partition coefficient (Wildman–Crippen LogP) is 2.21. The molecule has 0 saturated carbocycles. The zero-order chi connectivity index (χ0) is 12.2. The second-order valence-corrected chi connectivity index (χ2v) is 4.80. The van der Waals surface area contributed by atoms with E-state index in [1.807, 2.05) is 45.0 Å². The highest BCUT2D eigenvalue weighted by Gasteiger charge is 2.17. The van der Waals surface area contributed by atoms with Crippen molar-refractivity contribution in [1.29, 1.82) is 0 Å². The molecule has 16 heavy (non-hydrogen) atoms. The zero-order valence-corrected chi connectivity index (χ0v) is 10.4. The number of hydrogen-bond acceptors (Lipinski definition) is 3. The lowest BCUT2D eigenvalue weighted by Gasteiger charge is -2.23. The van der Waals surface area contributed by atoms with E-state index in [2.05, 4.69) is 0 Å². The van der Waals surface area contributed by atoms with Crippen molar-refractivity contribution < 1.29 is 4.74 Å². The van der Waals surface area contributed by atoms with E-state index >= 15 is 0 Å². The van der Waals surface area contributed by atoms with Crippen LogP contribution in [0.25, 0.3) is 0 Å². The average Bonchev–Trinajstić information content (AvgIpc) is 2.16. The van der Waals surface area contributed by atoms with Gasteiger partial charge in [-0.3, -0.25) is 0 Å². The van der Waals surface area contributed by atoms with Crippen LogP contribution in [0, 0.1) is 0 Å². The fraction of sp³-hybridized carbons (Fsp3) is 0.538. The second-order valence-electron chi connectivity index (χ2n) is 4.80. The summed E-state index contributed by atoms with van der Waals surface area (Å²) in [5.74, 6) is 0.880. The van der Waals surface area contributed by atoms with Crippen molar-refractivity contribution in [2.75, 3.05) is 6.61 Å². The first-order valence-electron chi connectivity index (χ1n) is 5.69. The molecule has 1 unspecified atom stereocenters. The molecule has 0 saturated heterocycles. The van der Waals surface area contributed by atoms with Gasteiger partial charge in [-0.25, -0.2) is 0 Å². The Morgan fingerprint density at radius 2 is 1.81 bits per heavy atom. The molecule has 0 fully saturated rings. The van der Waals surface area contributed by atoms with Crippen LogP contribution in [0.3, 0.4) is 0 Å². The average molecular weight is 222 g/mol. The number of rotatable bonds is 5. The molecule has 90 valence electrons. The molecule has 0 aliphatic rings. The Labute approximate surface area is 97.8 Å². The zero-order valence-electron chi connectivity index (χ0n) is 10.4. The molecule has 0 radical (unpaired) electrons. The van der Waals surface area contributed by atoms with E-state index in [0.717, 1.165) is 17.7 Å². The minimum absolute atomic E-state index is 0.0179. The van der Waals surface area contributed by atoms with Crippen molar-refractivity contribution >= 4 is 0 Å². The van der Waals surface area contributed by atoms with E-state index < -0.39 is 0 Å². The van der Waals surface area contributed by atoms with Gasteiger partial charge in [0.1, 0.15) is 5.75 Å². The maximum absolute atomic E-state index is 6.08. The van der Waals surface area contributed by atoms with Gasteiger partial charge in [0.05, 0.1) is 6.61 Å². The Bertz CT molecular complexity index is 314. The van der Waals surface area contributed by atoms with Gasteiger partial charge in [-0.05, 0) is 44.9 Å². The lowest BCUT2D eigenvalue weighted by atomic mass is 9.93. The lowest BCUT2D eigenvalue weighted by Crippen LogP contribution is -2.35. The van der Waals surface area contributed by atoms with Crippen LogP contribution < -0.4 is 16.2 Å². The normalized spacial score (nSPS) is 13.6. The summed E-state index contributed by atoms with van der Waals surface area (Å²) in [4.78, 5) is 0. The third-order valence-corrected chi connectivity index (χ3v) is 2.37. The summed E-state index contributed by atoms with van der Waals surface area (Å²) in [6.07, 6.45) is 0.765. The summed E-state index contributed by atoms with van der Waals surface area (Å²) in [5.41, 5.74) is 12.9. The van der Waals surface area contributed by atoms with Crippen molar-refractivity contribution in [3.8, 4) is 5.75 Å². The van der Waals surface area contributed by atoms with Gasteiger partial charge in [0, 0.05) is 11.6 Å². The second kappa shape index (κ2) is 5.32. The molecule has 4 N–H and O–H groups in total. The van der Waals surface area contributed by atoms with Crippen molar-refractivity contribution in [2.24, 2.45) is 11.5 Å². The Balaban J connectivity index is 2.66. The molecule has 0 aliphatic carbocycles. The van der Waals surface area contributed by atoms with E-state index in [1.54, 1.807) is 0 Å². The van der Waals surface area contributed by atoms with Gasteiger partial charge in [0.15, 0.2) is 0 Å². The molecule has 0 amide bonds. The fourth-order valence-corrected chi connectivity index (χ4v) is 1.66. The number of benzene rings is 1. The number of nitrogens with two attached hydrogens (primary N) is 2. The Morgan fingerprint density at radius 1 is 1.25 bits per heavy atom. The van der Waals surface area contributed by atoms with Crippen LogP contribution >= 0.6 is 0 Å². The third-order valence-electron chi connectivity index (χ3n) is 2.37. The number of hydrogen-bond donors (Lipinski definition) is 2. The smallest absolute Gasteiger partial charge is 0.119 e. The SMILES string of the molecule is CCOc1ccc(C(N)CC(C)(C)N)cc1. The predicted molar refractivity (Wildman–Crippen MR) is 67.4 cm³/mol. The summed E-state index contributed by atoms with van der Waals surface area (Å²) in [5, 5.41) is 0. The highest BCUT2D eigenvalue weighted by Crippen LogP contribution is 2.22. The van der Waals surface area contributed by atoms with Gasteiger partial charge in [-0.15, -0.1) is 0 Å². The van der Waals surface area contributed by atoms with Crippen molar-refractivity contribution in [3.05, 3.63) is 29.8 Å². The van der Waals surface area contributed by atoms with Gasteiger partial charge in [-0.2, -0.15) is 0 Å². The molecule has 3 nitrogen and oxygen atoms in total. The first kappa shape index (κ1) is 13.0. The van der Waals surface area contributed by atoms with Gasteiger partial charge in [0.25, 0.3) is 0 Å². The van der Waals surface area contributed by atoms with Crippen LogP contribution in [0.1, 0.15) is 38.8 Å². The van der Waals surface area contributed by atoms with Gasteiger partial charge < -0.3 is 16.2 Å². The Kier molecular flexibility index (Phi) is 4.33. The Hall–Kier alpha value is -1.06. The fourth-order valence-electron chi connectivity index (χ4n) is 1.66. The molecular weight excluding hydrogens is 200 g/mol. The molecular formula is C13H22N2O. The highest BCUT2D eigenvalue weighted by molar-refractivity contribution is 5.29. The largest absolute Gasteiger partial charge is 0.494 e. The van der Waals surface area contributed by atoms with Crippen LogP contribution in [0.4, 0.5) is 0 Å². The van der Waals surface area contributed by atoms with E-state index in [0.29, 0.717) is 6.61 Å².